The van der Waals surface area contributed by atoms with Crippen molar-refractivity contribution in [1.29, 1.82) is 0 Å². The number of anilines is 1. The lowest BCUT2D eigenvalue weighted by molar-refractivity contribution is 0.0955. The van der Waals surface area contributed by atoms with Crippen molar-refractivity contribution in [2.24, 2.45) is 5.10 Å². The predicted octanol–water partition coefficient (Wildman–Crippen LogP) is 4.23. The van der Waals surface area contributed by atoms with Gasteiger partial charge in [0.15, 0.2) is 0 Å². The van der Waals surface area contributed by atoms with Crippen molar-refractivity contribution < 1.29 is 13.9 Å². The van der Waals surface area contributed by atoms with E-state index in [9.17, 15) is 9.18 Å². The first-order valence-electron chi connectivity index (χ1n) is 11.3. The number of nitrogens with zero attached hydrogens (tertiary/aromatic N) is 3. The monoisotopic (exact) mass is 460 g/mol. The number of aryl methyl sites for hydroxylation is 1. The Morgan fingerprint density at radius 2 is 1.74 bits per heavy atom. The highest BCUT2D eigenvalue weighted by Gasteiger charge is 2.19. The average molecular weight is 461 g/mol. The number of hydrogen-bond donors (Lipinski definition) is 1. The van der Waals surface area contributed by atoms with Gasteiger partial charge in [0.2, 0.25) is 0 Å². The van der Waals surface area contributed by atoms with Crippen LogP contribution in [0.1, 0.15) is 27.0 Å². The van der Waals surface area contributed by atoms with Crippen LogP contribution in [0.3, 0.4) is 0 Å². The number of ether oxygens (including phenoxy) is 1. The molecule has 34 heavy (non-hydrogen) atoms. The lowest BCUT2D eigenvalue weighted by Crippen LogP contribution is -2.46. The van der Waals surface area contributed by atoms with Crippen LogP contribution >= 0.6 is 0 Å². The first kappa shape index (κ1) is 23.4. The molecule has 1 heterocycles. The summed E-state index contributed by atoms with van der Waals surface area (Å²) in [6.07, 6.45) is 1.64. The molecule has 3 aromatic carbocycles. The van der Waals surface area contributed by atoms with Gasteiger partial charge in [-0.3, -0.25) is 9.69 Å². The van der Waals surface area contributed by atoms with E-state index in [2.05, 4.69) is 20.3 Å². The summed E-state index contributed by atoms with van der Waals surface area (Å²) in [6, 6.07) is 19.9. The molecule has 7 heteroatoms. The molecule has 1 aliphatic heterocycles. The van der Waals surface area contributed by atoms with Gasteiger partial charge in [0.1, 0.15) is 11.6 Å². The summed E-state index contributed by atoms with van der Waals surface area (Å²) in [5.74, 6) is 0.360. The summed E-state index contributed by atoms with van der Waals surface area (Å²) in [4.78, 5) is 16.9. The van der Waals surface area contributed by atoms with E-state index in [0.717, 1.165) is 60.9 Å². The average Bonchev–Trinajstić information content (AvgIpc) is 2.86. The number of benzene rings is 3. The maximum absolute atomic E-state index is 13.2. The van der Waals surface area contributed by atoms with E-state index in [1.165, 1.54) is 12.1 Å². The van der Waals surface area contributed by atoms with E-state index >= 15 is 0 Å². The van der Waals surface area contributed by atoms with Crippen molar-refractivity contribution in [3.63, 3.8) is 0 Å². The lowest BCUT2D eigenvalue weighted by atomic mass is 10.1. The second kappa shape index (κ2) is 10.9. The van der Waals surface area contributed by atoms with Gasteiger partial charge in [-0.2, -0.15) is 5.10 Å². The number of carbonyl (C=O) groups is 1. The van der Waals surface area contributed by atoms with Crippen molar-refractivity contribution in [1.82, 2.24) is 10.3 Å². The molecule has 0 spiro atoms. The van der Waals surface area contributed by atoms with Gasteiger partial charge in [-0.05, 0) is 67.1 Å². The third kappa shape index (κ3) is 5.99. The summed E-state index contributed by atoms with van der Waals surface area (Å²) >= 11 is 0. The Kier molecular flexibility index (Phi) is 7.54. The third-order valence-corrected chi connectivity index (χ3v) is 5.96. The molecule has 1 amide bonds. The molecule has 1 saturated heterocycles. The van der Waals surface area contributed by atoms with Crippen LogP contribution in [0, 0.1) is 12.7 Å². The summed E-state index contributed by atoms with van der Waals surface area (Å²) in [5, 5.41) is 4.12. The molecule has 4 rings (SSSR count). The van der Waals surface area contributed by atoms with Gasteiger partial charge in [0.25, 0.3) is 5.91 Å². The molecule has 176 valence electrons. The van der Waals surface area contributed by atoms with Gasteiger partial charge in [-0.15, -0.1) is 0 Å². The minimum atomic E-state index is -0.246. The molecule has 0 saturated carbocycles. The first-order valence-corrected chi connectivity index (χ1v) is 11.3. The van der Waals surface area contributed by atoms with Gasteiger partial charge in [-0.1, -0.05) is 17.7 Å². The molecule has 1 N–H and O–H groups in total. The molecule has 0 radical (unpaired) electrons. The fraction of sp³-hybridized carbons (Fsp3) is 0.259. The highest BCUT2D eigenvalue weighted by atomic mass is 19.1. The van der Waals surface area contributed by atoms with Crippen LogP contribution in [-0.2, 0) is 6.54 Å². The van der Waals surface area contributed by atoms with Crippen LogP contribution in [0.2, 0.25) is 0 Å². The second-order valence-corrected chi connectivity index (χ2v) is 8.38. The van der Waals surface area contributed by atoms with Crippen LogP contribution in [0.25, 0.3) is 0 Å². The molecule has 6 nitrogen and oxygen atoms in total. The molecule has 0 bridgehead atoms. The molecule has 0 atom stereocenters. The maximum atomic E-state index is 13.2. The smallest absolute Gasteiger partial charge is 0.271 e. The summed E-state index contributed by atoms with van der Waals surface area (Å²) in [6.45, 7) is 6.27. The van der Waals surface area contributed by atoms with E-state index in [1.807, 2.05) is 49.4 Å². The molecule has 1 fully saturated rings. The van der Waals surface area contributed by atoms with Crippen LogP contribution < -0.4 is 15.1 Å². The van der Waals surface area contributed by atoms with E-state index in [4.69, 9.17) is 4.74 Å². The minimum Gasteiger partial charge on any atom is -0.496 e. The minimum absolute atomic E-state index is 0.215. The van der Waals surface area contributed by atoms with Crippen molar-refractivity contribution in [2.45, 2.75) is 13.5 Å². The Hall–Kier alpha value is -3.71. The van der Waals surface area contributed by atoms with Gasteiger partial charge < -0.3 is 9.64 Å². The SMILES string of the molecule is COc1ccc(/C=N\NC(=O)c2ccc(C)cc2)cc1CN1CCN(c2ccc(F)cc2)CC1. The zero-order valence-corrected chi connectivity index (χ0v) is 19.5. The summed E-state index contributed by atoms with van der Waals surface area (Å²) in [5.41, 5.74) is 7.23. The number of hydrazone groups is 1. The molecular weight excluding hydrogens is 431 g/mol. The van der Waals surface area contributed by atoms with Crippen LogP contribution in [0.5, 0.6) is 5.75 Å². The van der Waals surface area contributed by atoms with Crippen LogP contribution in [-0.4, -0.2) is 50.3 Å². The van der Waals surface area contributed by atoms with Gasteiger partial charge in [0.05, 0.1) is 13.3 Å². The first-order chi connectivity index (χ1) is 16.5. The molecule has 3 aromatic rings. The Balaban J connectivity index is 1.35. The fourth-order valence-electron chi connectivity index (χ4n) is 3.99. The number of piperazine rings is 1. The highest BCUT2D eigenvalue weighted by molar-refractivity contribution is 5.94. The number of halogens is 1. The van der Waals surface area contributed by atoms with Crippen molar-refractivity contribution in [3.8, 4) is 5.75 Å². The molecule has 0 aliphatic carbocycles. The Morgan fingerprint density at radius 1 is 1.03 bits per heavy atom. The lowest BCUT2D eigenvalue weighted by Gasteiger charge is -2.36. The van der Waals surface area contributed by atoms with Crippen molar-refractivity contribution >= 4 is 17.8 Å². The predicted molar refractivity (Wildman–Crippen MR) is 133 cm³/mol. The standard InChI is InChI=1S/C27H29FN4O2/c1-20-3-6-22(7-4-20)27(33)30-29-18-21-5-12-26(34-2)23(17-21)19-31-13-15-32(16-14-31)25-10-8-24(28)9-11-25/h3-12,17-18H,13-16,19H2,1-2H3,(H,30,33)/b29-18-. The quantitative estimate of drug-likeness (QED) is 0.424. The third-order valence-electron chi connectivity index (χ3n) is 5.96. The largest absolute Gasteiger partial charge is 0.496 e. The Bertz CT molecular complexity index is 1140. The van der Waals surface area contributed by atoms with Gasteiger partial charge >= 0.3 is 0 Å². The molecule has 0 aromatic heterocycles. The Labute approximate surface area is 199 Å². The summed E-state index contributed by atoms with van der Waals surface area (Å²) in [7, 11) is 1.67. The normalized spacial score (nSPS) is 14.4. The number of rotatable bonds is 7. The topological polar surface area (TPSA) is 57.2 Å². The van der Waals surface area contributed by atoms with Gasteiger partial charge in [0, 0.05) is 49.5 Å². The zero-order valence-electron chi connectivity index (χ0n) is 19.5. The zero-order chi connectivity index (χ0) is 23.9. The van der Waals surface area contributed by atoms with Crippen LogP contribution in [0.4, 0.5) is 10.1 Å². The number of amides is 1. The van der Waals surface area contributed by atoms with E-state index in [1.54, 1.807) is 25.5 Å². The molecular formula is C27H29FN4O2. The number of nitrogens with one attached hydrogen (secondary N) is 1. The number of hydrogen-bond acceptors (Lipinski definition) is 5. The maximum Gasteiger partial charge on any atom is 0.271 e. The van der Waals surface area contributed by atoms with Crippen molar-refractivity contribution in [3.05, 3.63) is 94.8 Å². The summed E-state index contributed by atoms with van der Waals surface area (Å²) < 4.78 is 18.8. The van der Waals surface area contributed by atoms with E-state index < -0.39 is 0 Å². The van der Waals surface area contributed by atoms with Gasteiger partial charge in [-0.25, -0.2) is 9.82 Å². The van der Waals surface area contributed by atoms with E-state index in [-0.39, 0.29) is 11.7 Å². The van der Waals surface area contributed by atoms with Crippen LogP contribution in [0.15, 0.2) is 71.8 Å². The fourth-order valence-corrected chi connectivity index (χ4v) is 3.99. The molecule has 0 unspecified atom stereocenters. The van der Waals surface area contributed by atoms with E-state index in [0.29, 0.717) is 5.56 Å². The Morgan fingerprint density at radius 3 is 2.41 bits per heavy atom. The number of methoxy groups -OCH3 is 1. The molecule has 1 aliphatic rings. The van der Waals surface area contributed by atoms with Crippen molar-refractivity contribution in [2.75, 3.05) is 38.2 Å². The highest BCUT2D eigenvalue weighted by Crippen LogP contribution is 2.23. The second-order valence-electron chi connectivity index (χ2n) is 8.38. The number of carbonyl (C=O) groups excluding carboxylic acids is 1.